The molecule has 3 N–H and O–H groups in total. The van der Waals surface area contributed by atoms with E-state index in [-0.39, 0.29) is 25.1 Å². The summed E-state index contributed by atoms with van der Waals surface area (Å²) in [5.74, 6) is 0. The Labute approximate surface area is 85.5 Å². The molecule has 0 aliphatic rings. The predicted octanol–water partition coefficient (Wildman–Crippen LogP) is 1.26. The van der Waals surface area contributed by atoms with Crippen LogP contribution in [0.4, 0.5) is 0 Å². The molecule has 0 aromatic carbocycles. The van der Waals surface area contributed by atoms with Gasteiger partial charge in [-0.1, -0.05) is 15.9 Å². The van der Waals surface area contributed by atoms with Crippen LogP contribution in [0.2, 0.25) is 0 Å². The van der Waals surface area contributed by atoms with Crippen LogP contribution in [0.25, 0.3) is 0 Å². The molecule has 0 amide bonds. The summed E-state index contributed by atoms with van der Waals surface area (Å²) in [4.78, 5) is 4.00. The van der Waals surface area contributed by atoms with Crippen LogP contribution in [0.15, 0.2) is 22.8 Å². The van der Waals surface area contributed by atoms with Crippen LogP contribution >= 0.6 is 28.3 Å². The Morgan fingerprint density at radius 1 is 1.67 bits per heavy atom. The quantitative estimate of drug-likeness (QED) is 0.834. The highest BCUT2D eigenvalue weighted by Gasteiger charge is 2.04. The standard InChI is InChI=1S/C7H9BrN2O.ClH/c8-5-1-2-10-7(3-5)6(9)4-11;/h1-3,6,11H,4,9H2;1H/t6-;/m1./s1. The topological polar surface area (TPSA) is 59.1 Å². The van der Waals surface area contributed by atoms with E-state index in [0.717, 1.165) is 4.47 Å². The fourth-order valence-electron chi connectivity index (χ4n) is 0.717. The van der Waals surface area contributed by atoms with E-state index in [1.165, 1.54) is 0 Å². The van der Waals surface area contributed by atoms with Crippen LogP contribution in [0, 0.1) is 0 Å². The normalized spacial score (nSPS) is 11.9. The van der Waals surface area contributed by atoms with E-state index in [4.69, 9.17) is 10.8 Å². The van der Waals surface area contributed by atoms with E-state index in [0.29, 0.717) is 5.69 Å². The van der Waals surface area contributed by atoms with Gasteiger partial charge in [0.05, 0.1) is 18.3 Å². The lowest BCUT2D eigenvalue weighted by Gasteiger charge is -2.06. The number of nitrogens with zero attached hydrogens (tertiary/aromatic N) is 1. The number of pyridine rings is 1. The molecule has 1 atom stereocenters. The van der Waals surface area contributed by atoms with Gasteiger partial charge in [0.1, 0.15) is 0 Å². The van der Waals surface area contributed by atoms with Gasteiger partial charge < -0.3 is 10.8 Å². The van der Waals surface area contributed by atoms with Crippen LogP contribution in [-0.4, -0.2) is 16.7 Å². The highest BCUT2D eigenvalue weighted by Crippen LogP contribution is 2.13. The van der Waals surface area contributed by atoms with E-state index < -0.39 is 0 Å². The van der Waals surface area contributed by atoms with Gasteiger partial charge in [-0.3, -0.25) is 4.98 Å². The molecule has 0 radical (unpaired) electrons. The van der Waals surface area contributed by atoms with Crippen molar-refractivity contribution in [3.8, 4) is 0 Å². The third kappa shape index (κ3) is 3.06. The molecule has 1 heterocycles. The minimum absolute atomic E-state index is 0. The first kappa shape index (κ1) is 11.8. The predicted molar refractivity (Wildman–Crippen MR) is 53.2 cm³/mol. The maximum absolute atomic E-state index is 8.70. The molecule has 0 saturated carbocycles. The van der Waals surface area contributed by atoms with E-state index in [1.54, 1.807) is 12.3 Å². The van der Waals surface area contributed by atoms with Gasteiger partial charge in [-0.25, -0.2) is 0 Å². The lowest BCUT2D eigenvalue weighted by Crippen LogP contribution is -2.15. The molecular formula is C7H10BrClN2O. The van der Waals surface area contributed by atoms with Gasteiger partial charge in [-0.15, -0.1) is 12.4 Å². The minimum atomic E-state index is -0.382. The van der Waals surface area contributed by atoms with Crippen molar-refractivity contribution in [3.63, 3.8) is 0 Å². The first-order chi connectivity index (χ1) is 5.24. The Bertz CT molecular complexity index is 247. The summed E-state index contributed by atoms with van der Waals surface area (Å²) < 4.78 is 0.923. The number of rotatable bonds is 2. The largest absolute Gasteiger partial charge is 0.394 e. The van der Waals surface area contributed by atoms with E-state index in [9.17, 15) is 0 Å². The molecule has 3 nitrogen and oxygen atoms in total. The molecular weight excluding hydrogens is 243 g/mol. The highest BCUT2D eigenvalue weighted by atomic mass is 79.9. The summed E-state index contributed by atoms with van der Waals surface area (Å²) in [6.45, 7) is -0.0799. The molecule has 68 valence electrons. The number of hydrogen-bond acceptors (Lipinski definition) is 3. The summed E-state index contributed by atoms with van der Waals surface area (Å²) in [7, 11) is 0. The third-order valence-corrected chi connectivity index (χ3v) is 1.81. The summed E-state index contributed by atoms with van der Waals surface area (Å²) in [6.07, 6.45) is 1.65. The Kier molecular flexibility index (Phi) is 5.41. The molecule has 0 saturated heterocycles. The minimum Gasteiger partial charge on any atom is -0.394 e. The molecule has 0 aliphatic heterocycles. The highest BCUT2D eigenvalue weighted by molar-refractivity contribution is 9.10. The Balaban J connectivity index is 0.00000121. The lowest BCUT2D eigenvalue weighted by molar-refractivity contribution is 0.266. The third-order valence-electron chi connectivity index (χ3n) is 1.32. The Hall–Kier alpha value is -0.160. The summed E-state index contributed by atoms with van der Waals surface area (Å²) in [6, 6.07) is 3.22. The monoisotopic (exact) mass is 252 g/mol. The number of aromatic nitrogens is 1. The SMILES string of the molecule is Cl.N[C@H](CO)c1cc(Br)ccn1. The van der Waals surface area contributed by atoms with E-state index in [1.807, 2.05) is 6.07 Å². The number of aliphatic hydroxyl groups is 1. The molecule has 1 aromatic rings. The van der Waals surface area contributed by atoms with Crippen LogP contribution in [0.5, 0.6) is 0 Å². The Morgan fingerprint density at radius 3 is 2.83 bits per heavy atom. The molecule has 0 fully saturated rings. The molecule has 0 spiro atoms. The van der Waals surface area contributed by atoms with Crippen molar-refractivity contribution >= 4 is 28.3 Å². The average Bonchev–Trinajstić information content (AvgIpc) is 2.03. The van der Waals surface area contributed by atoms with Gasteiger partial charge in [-0.2, -0.15) is 0 Å². The maximum Gasteiger partial charge on any atom is 0.0705 e. The fraction of sp³-hybridized carbons (Fsp3) is 0.286. The van der Waals surface area contributed by atoms with Gasteiger partial charge in [0.15, 0.2) is 0 Å². The van der Waals surface area contributed by atoms with Crippen LogP contribution in [0.3, 0.4) is 0 Å². The van der Waals surface area contributed by atoms with Crippen molar-refractivity contribution in [2.75, 3.05) is 6.61 Å². The molecule has 1 rings (SSSR count). The smallest absolute Gasteiger partial charge is 0.0705 e. The van der Waals surface area contributed by atoms with Crippen molar-refractivity contribution in [3.05, 3.63) is 28.5 Å². The second-order valence-corrected chi connectivity index (χ2v) is 3.10. The molecule has 1 aromatic heterocycles. The van der Waals surface area contributed by atoms with Crippen molar-refractivity contribution in [1.29, 1.82) is 0 Å². The van der Waals surface area contributed by atoms with Crippen molar-refractivity contribution in [2.45, 2.75) is 6.04 Å². The first-order valence-corrected chi connectivity index (χ1v) is 4.01. The summed E-state index contributed by atoms with van der Waals surface area (Å²) >= 11 is 3.28. The maximum atomic E-state index is 8.70. The van der Waals surface area contributed by atoms with E-state index in [2.05, 4.69) is 20.9 Å². The van der Waals surface area contributed by atoms with Crippen LogP contribution < -0.4 is 5.73 Å². The number of halogens is 2. The molecule has 0 bridgehead atoms. The first-order valence-electron chi connectivity index (χ1n) is 3.22. The van der Waals surface area contributed by atoms with Gasteiger partial charge in [-0.05, 0) is 12.1 Å². The van der Waals surface area contributed by atoms with Crippen molar-refractivity contribution in [2.24, 2.45) is 5.73 Å². The molecule has 0 unspecified atom stereocenters. The molecule has 12 heavy (non-hydrogen) atoms. The zero-order valence-electron chi connectivity index (χ0n) is 6.27. The fourth-order valence-corrected chi connectivity index (χ4v) is 1.07. The molecule has 5 heteroatoms. The Morgan fingerprint density at radius 2 is 2.33 bits per heavy atom. The number of aliphatic hydroxyl groups excluding tert-OH is 1. The van der Waals surface area contributed by atoms with Gasteiger partial charge in [0.2, 0.25) is 0 Å². The molecule has 0 aliphatic carbocycles. The zero-order chi connectivity index (χ0) is 8.27. The number of hydrogen-bond donors (Lipinski definition) is 2. The van der Waals surface area contributed by atoms with Gasteiger partial charge in [0.25, 0.3) is 0 Å². The van der Waals surface area contributed by atoms with Gasteiger partial charge >= 0.3 is 0 Å². The van der Waals surface area contributed by atoms with Crippen LogP contribution in [0.1, 0.15) is 11.7 Å². The lowest BCUT2D eigenvalue weighted by atomic mass is 10.2. The average molecular weight is 254 g/mol. The van der Waals surface area contributed by atoms with Gasteiger partial charge in [0, 0.05) is 10.7 Å². The van der Waals surface area contributed by atoms with Crippen molar-refractivity contribution < 1.29 is 5.11 Å². The number of nitrogens with two attached hydrogens (primary N) is 1. The van der Waals surface area contributed by atoms with Crippen molar-refractivity contribution in [1.82, 2.24) is 4.98 Å². The second-order valence-electron chi connectivity index (χ2n) is 2.19. The summed E-state index contributed by atoms with van der Waals surface area (Å²) in [5.41, 5.74) is 6.23. The zero-order valence-corrected chi connectivity index (χ0v) is 8.68. The summed E-state index contributed by atoms with van der Waals surface area (Å²) in [5, 5.41) is 8.70. The van der Waals surface area contributed by atoms with Crippen LogP contribution in [-0.2, 0) is 0 Å². The second kappa shape index (κ2) is 5.48. The van der Waals surface area contributed by atoms with E-state index >= 15 is 0 Å².